The molecule has 4 rings (SSSR count). The summed E-state index contributed by atoms with van der Waals surface area (Å²) in [7, 11) is 3.30. The smallest absolute Gasteiger partial charge is 0.124 e. The van der Waals surface area contributed by atoms with Crippen molar-refractivity contribution in [3.63, 3.8) is 0 Å². The minimum absolute atomic E-state index is 0.0564. The number of aliphatic hydroxyl groups is 1. The van der Waals surface area contributed by atoms with Crippen LogP contribution in [0.2, 0.25) is 0 Å². The molecular formula is C36H45NO6. The van der Waals surface area contributed by atoms with Crippen molar-refractivity contribution in [1.29, 1.82) is 0 Å². The fourth-order valence-electron chi connectivity index (χ4n) is 5.47. The van der Waals surface area contributed by atoms with Gasteiger partial charge < -0.3 is 34.1 Å². The van der Waals surface area contributed by atoms with Gasteiger partial charge in [-0.2, -0.15) is 0 Å². The van der Waals surface area contributed by atoms with Crippen LogP contribution < -0.4 is 14.8 Å². The topological polar surface area (TPSA) is 78.4 Å². The van der Waals surface area contributed by atoms with Crippen molar-refractivity contribution in [3.05, 3.63) is 107 Å². The minimum atomic E-state index is -0.0782. The number of methoxy groups -OCH3 is 2. The molecule has 3 unspecified atom stereocenters. The highest BCUT2D eigenvalue weighted by Gasteiger charge is 2.34. The zero-order valence-electron chi connectivity index (χ0n) is 25.6. The number of rotatable bonds is 16. The quantitative estimate of drug-likeness (QED) is 0.155. The van der Waals surface area contributed by atoms with Crippen LogP contribution in [0.5, 0.6) is 11.5 Å². The van der Waals surface area contributed by atoms with Crippen molar-refractivity contribution < 1.29 is 28.8 Å². The summed E-state index contributed by atoms with van der Waals surface area (Å²) >= 11 is 0. The molecular weight excluding hydrogens is 542 g/mol. The van der Waals surface area contributed by atoms with E-state index in [1.807, 2.05) is 54.6 Å². The summed E-state index contributed by atoms with van der Waals surface area (Å²) in [5.74, 6) is 2.41. The second-order valence-corrected chi connectivity index (χ2v) is 10.8. The normalized spacial score (nSPS) is 18.7. The Morgan fingerprint density at radius 1 is 0.977 bits per heavy atom. The number of para-hydroxylation sites is 1. The average Bonchev–Trinajstić information content (AvgIpc) is 3.05. The molecule has 3 aromatic carbocycles. The number of piperidine rings is 1. The van der Waals surface area contributed by atoms with Crippen molar-refractivity contribution >= 4 is 11.8 Å². The van der Waals surface area contributed by atoms with Gasteiger partial charge in [-0.25, -0.2) is 0 Å². The van der Waals surface area contributed by atoms with Gasteiger partial charge in [-0.1, -0.05) is 67.3 Å². The van der Waals surface area contributed by atoms with E-state index in [4.69, 9.17) is 23.7 Å². The summed E-state index contributed by atoms with van der Waals surface area (Å²) < 4.78 is 29.0. The van der Waals surface area contributed by atoms with Crippen LogP contribution >= 0.6 is 0 Å². The van der Waals surface area contributed by atoms with Gasteiger partial charge in [0.1, 0.15) is 17.3 Å². The summed E-state index contributed by atoms with van der Waals surface area (Å²) in [4.78, 5) is 0. The molecule has 230 valence electrons. The first kappa shape index (κ1) is 32.3. The SMILES string of the molecule is C=C(OC)c1ccccc1C=C(C)COC1CNCC(CO)C1c1ccc(OCCCOCc2ccccc2OC)cc1. The van der Waals surface area contributed by atoms with E-state index in [1.54, 1.807) is 14.2 Å². The number of hydrogen-bond acceptors (Lipinski definition) is 7. The van der Waals surface area contributed by atoms with Crippen molar-refractivity contribution in [2.24, 2.45) is 5.92 Å². The molecule has 0 amide bonds. The van der Waals surface area contributed by atoms with E-state index in [9.17, 15) is 5.11 Å². The number of benzene rings is 3. The van der Waals surface area contributed by atoms with E-state index in [-0.39, 0.29) is 24.5 Å². The van der Waals surface area contributed by atoms with Crippen LogP contribution in [-0.4, -0.2) is 64.9 Å². The molecule has 0 bridgehead atoms. The Kier molecular flexibility index (Phi) is 12.7. The standard InChI is InChI=1S/C36H45NO6/c1-26(20-29-10-5-7-12-33(29)27(2)39-3)24-43-35-22-37-21-31(23-38)36(35)28-14-16-32(17-15-28)42-19-9-18-41-25-30-11-6-8-13-34(30)40-4/h5-8,10-17,20,31,35-38H,2,9,18-19,21-25H2,1,3-4H3. The molecule has 1 saturated heterocycles. The molecule has 3 atom stereocenters. The number of nitrogens with one attached hydrogen (secondary N) is 1. The highest BCUT2D eigenvalue weighted by atomic mass is 16.5. The van der Waals surface area contributed by atoms with Gasteiger partial charge in [0.15, 0.2) is 0 Å². The monoisotopic (exact) mass is 587 g/mol. The lowest BCUT2D eigenvalue weighted by atomic mass is 9.79. The summed E-state index contributed by atoms with van der Waals surface area (Å²) in [6.07, 6.45) is 2.82. The number of ether oxygens (including phenoxy) is 5. The maximum Gasteiger partial charge on any atom is 0.124 e. The molecule has 0 spiro atoms. The van der Waals surface area contributed by atoms with Gasteiger partial charge in [0, 0.05) is 49.1 Å². The lowest BCUT2D eigenvalue weighted by molar-refractivity contribution is 0.00496. The number of aliphatic hydroxyl groups excluding tert-OH is 1. The Labute approximate surface area is 256 Å². The predicted octanol–water partition coefficient (Wildman–Crippen LogP) is 6.08. The zero-order chi connectivity index (χ0) is 30.4. The maximum absolute atomic E-state index is 10.2. The van der Waals surface area contributed by atoms with E-state index in [1.165, 1.54) is 0 Å². The Balaban J connectivity index is 1.30. The molecule has 1 fully saturated rings. The molecule has 1 aliphatic heterocycles. The first-order valence-corrected chi connectivity index (χ1v) is 14.9. The van der Waals surface area contributed by atoms with E-state index in [0.717, 1.165) is 58.8 Å². The molecule has 3 aromatic rings. The van der Waals surface area contributed by atoms with Crippen LogP contribution in [-0.2, 0) is 20.8 Å². The van der Waals surface area contributed by atoms with Crippen LogP contribution in [0, 0.1) is 5.92 Å². The highest BCUT2D eigenvalue weighted by molar-refractivity contribution is 5.70. The van der Waals surface area contributed by atoms with Gasteiger partial charge >= 0.3 is 0 Å². The first-order valence-electron chi connectivity index (χ1n) is 14.9. The molecule has 0 radical (unpaired) electrons. The highest BCUT2D eigenvalue weighted by Crippen LogP contribution is 2.34. The van der Waals surface area contributed by atoms with Crippen molar-refractivity contribution in [1.82, 2.24) is 5.32 Å². The second-order valence-electron chi connectivity index (χ2n) is 10.8. The van der Waals surface area contributed by atoms with Crippen molar-refractivity contribution in [2.75, 3.05) is 53.7 Å². The van der Waals surface area contributed by atoms with E-state index in [2.05, 4.69) is 43.1 Å². The number of hydrogen-bond donors (Lipinski definition) is 2. The molecule has 1 aliphatic rings. The largest absolute Gasteiger partial charge is 0.497 e. The molecule has 43 heavy (non-hydrogen) atoms. The Bertz CT molecular complexity index is 1320. The summed E-state index contributed by atoms with van der Waals surface area (Å²) in [6.45, 7) is 9.79. The van der Waals surface area contributed by atoms with E-state index >= 15 is 0 Å². The second kappa shape index (κ2) is 16.9. The van der Waals surface area contributed by atoms with Crippen LogP contribution in [0.3, 0.4) is 0 Å². The van der Waals surface area contributed by atoms with Gasteiger partial charge in [-0.3, -0.25) is 0 Å². The fraction of sp³-hybridized carbons (Fsp3) is 0.389. The van der Waals surface area contributed by atoms with Gasteiger partial charge in [0.25, 0.3) is 0 Å². The minimum Gasteiger partial charge on any atom is -0.497 e. The summed E-state index contributed by atoms with van der Waals surface area (Å²) in [5, 5.41) is 13.6. The molecule has 7 heteroatoms. The summed E-state index contributed by atoms with van der Waals surface area (Å²) in [5.41, 5.74) is 5.27. The fourth-order valence-corrected chi connectivity index (χ4v) is 5.47. The third-order valence-electron chi connectivity index (χ3n) is 7.75. The Hall–Kier alpha value is -3.62. The average molecular weight is 588 g/mol. The van der Waals surface area contributed by atoms with Gasteiger partial charge in [-0.05, 0) is 41.8 Å². The summed E-state index contributed by atoms with van der Waals surface area (Å²) in [6, 6.07) is 24.1. The molecule has 0 aromatic heterocycles. The van der Waals surface area contributed by atoms with Crippen molar-refractivity contribution in [3.8, 4) is 11.5 Å². The van der Waals surface area contributed by atoms with E-state index in [0.29, 0.717) is 32.2 Å². The molecule has 2 N–H and O–H groups in total. The van der Waals surface area contributed by atoms with Gasteiger partial charge in [0.05, 0.1) is 46.8 Å². The first-order chi connectivity index (χ1) is 21.0. The maximum atomic E-state index is 10.2. The third-order valence-corrected chi connectivity index (χ3v) is 7.75. The van der Waals surface area contributed by atoms with Crippen LogP contribution in [0.1, 0.15) is 41.5 Å². The molecule has 7 nitrogen and oxygen atoms in total. The van der Waals surface area contributed by atoms with Crippen LogP contribution in [0.15, 0.2) is 84.9 Å². The lowest BCUT2D eigenvalue weighted by Gasteiger charge is -2.38. The Morgan fingerprint density at radius 2 is 1.74 bits per heavy atom. The van der Waals surface area contributed by atoms with Gasteiger partial charge in [-0.15, -0.1) is 0 Å². The predicted molar refractivity (Wildman–Crippen MR) is 171 cm³/mol. The molecule has 0 aliphatic carbocycles. The van der Waals surface area contributed by atoms with Crippen LogP contribution in [0.25, 0.3) is 11.8 Å². The van der Waals surface area contributed by atoms with Gasteiger partial charge in [0.2, 0.25) is 0 Å². The van der Waals surface area contributed by atoms with Crippen LogP contribution in [0.4, 0.5) is 0 Å². The third kappa shape index (κ3) is 9.18. The van der Waals surface area contributed by atoms with E-state index < -0.39 is 0 Å². The molecule has 0 saturated carbocycles. The lowest BCUT2D eigenvalue weighted by Crippen LogP contribution is -2.48. The van der Waals surface area contributed by atoms with Crippen molar-refractivity contribution in [2.45, 2.75) is 32.0 Å². The molecule has 1 heterocycles. The zero-order valence-corrected chi connectivity index (χ0v) is 25.6. The Morgan fingerprint density at radius 3 is 2.51 bits per heavy atom.